The normalized spacial score (nSPS) is 24.4. The zero-order valence-electron chi connectivity index (χ0n) is 53.8. The molecule has 7 aromatic rings. The Labute approximate surface area is 564 Å². The highest BCUT2D eigenvalue weighted by Gasteiger charge is 2.60. The van der Waals surface area contributed by atoms with Crippen molar-refractivity contribution in [3.05, 3.63) is 264 Å². The molecule has 3 aliphatic rings. The molecule has 0 amide bonds. The van der Waals surface area contributed by atoms with Crippen LogP contribution in [-0.4, -0.2) is 160 Å². The van der Waals surface area contributed by atoms with Crippen LogP contribution in [0.15, 0.2) is 225 Å². The van der Waals surface area contributed by atoms with Crippen molar-refractivity contribution in [3.8, 4) is 0 Å². The molecule has 23 heteroatoms. The van der Waals surface area contributed by atoms with Gasteiger partial charge in [-0.3, -0.25) is 19.2 Å². The van der Waals surface area contributed by atoms with E-state index in [2.05, 4.69) is 6.58 Å². The molecule has 0 saturated carbocycles. The first-order valence-corrected chi connectivity index (χ1v) is 31.5. The van der Waals surface area contributed by atoms with Gasteiger partial charge in [-0.25, -0.2) is 19.2 Å². The lowest BCUT2D eigenvalue weighted by Gasteiger charge is -2.50. The number of carbonyl (C=O) groups excluding carboxylic acids is 8. The third-order valence-electron chi connectivity index (χ3n) is 15.9. The van der Waals surface area contributed by atoms with Crippen molar-refractivity contribution in [3.63, 3.8) is 0 Å². The van der Waals surface area contributed by atoms with Crippen molar-refractivity contribution >= 4 is 47.8 Å². The first kappa shape index (κ1) is 70.6. The topological polar surface area (TPSA) is 275 Å². The zero-order valence-corrected chi connectivity index (χ0v) is 53.8. The van der Waals surface area contributed by atoms with E-state index in [-0.39, 0.29) is 28.9 Å². The predicted molar refractivity (Wildman–Crippen MR) is 344 cm³/mol. The minimum absolute atomic E-state index is 0.0112. The summed E-state index contributed by atoms with van der Waals surface area (Å²) in [5.41, 5.74) is 0.617. The van der Waals surface area contributed by atoms with E-state index in [0.717, 1.165) is 27.7 Å². The maximum atomic E-state index is 14.9. The molecule has 0 aromatic heterocycles. The van der Waals surface area contributed by atoms with Crippen molar-refractivity contribution in [1.82, 2.24) is 0 Å². The quantitative estimate of drug-likeness (QED) is 0.0211. The molecule has 14 atom stereocenters. The molecule has 23 nitrogen and oxygen atoms in total. The van der Waals surface area contributed by atoms with Crippen molar-refractivity contribution in [2.24, 2.45) is 0 Å². The van der Waals surface area contributed by atoms with E-state index in [1.807, 2.05) is 91.0 Å². The van der Waals surface area contributed by atoms with Crippen molar-refractivity contribution in [2.75, 3.05) is 26.4 Å². The molecule has 0 unspecified atom stereocenters. The Hall–Kier alpha value is -10.2. The van der Waals surface area contributed by atoms with Crippen LogP contribution in [0.1, 0.15) is 85.8 Å². The molecule has 0 spiro atoms. The summed E-state index contributed by atoms with van der Waals surface area (Å²) in [6.45, 7) is 6.09. The van der Waals surface area contributed by atoms with Gasteiger partial charge in [-0.05, 0) is 65.2 Å². The Bertz CT molecular complexity index is 3710. The molecule has 3 fully saturated rings. The molecule has 0 bridgehead atoms. The zero-order chi connectivity index (χ0) is 69.1. The molecule has 98 heavy (non-hydrogen) atoms. The van der Waals surface area contributed by atoms with Crippen LogP contribution in [0, 0.1) is 0 Å². The molecule has 510 valence electrons. The summed E-state index contributed by atoms with van der Waals surface area (Å²) < 4.78 is 97.0. The van der Waals surface area contributed by atoms with E-state index in [9.17, 15) is 38.4 Å². The van der Waals surface area contributed by atoms with Crippen LogP contribution in [-0.2, 0) is 95.8 Å². The van der Waals surface area contributed by atoms with Crippen LogP contribution in [0.4, 0.5) is 0 Å². The first-order chi connectivity index (χ1) is 47.5. The van der Waals surface area contributed by atoms with Gasteiger partial charge < -0.3 is 71.1 Å². The number of carbonyl (C=O) groups is 8. The van der Waals surface area contributed by atoms with Crippen LogP contribution < -0.4 is 0 Å². The Kier molecular flexibility index (Phi) is 24.2. The van der Waals surface area contributed by atoms with Crippen LogP contribution in [0.25, 0.3) is 0 Å². The Morgan fingerprint density at radius 2 is 0.745 bits per heavy atom. The number of ether oxygens (including phenoxy) is 15. The SMILES string of the molecule is C=CCO[C@H]1O[C@H](COC(c2ccccc2)(c2ccccc2)c2ccccc2)[C@@H](OC(C)=O)[C@H](O[C@@H]2OC[C@@H](OC(C)=O)[C@H](OC(C)=O)[C@H]2OC(C)=O)[C@H]1O[C@@H]1O[C@H](COC(=O)c2ccccc2)[C@H](OC(=O)c2ccccc2)[C@H](OC(=O)c2ccccc2)[C@H]1OC(=O)c1ccccc1. The van der Waals surface area contributed by atoms with E-state index < -0.39 is 159 Å². The van der Waals surface area contributed by atoms with Crippen LogP contribution in [0.3, 0.4) is 0 Å². The fourth-order valence-electron chi connectivity index (χ4n) is 11.7. The third-order valence-corrected chi connectivity index (χ3v) is 15.9. The molecule has 3 heterocycles. The number of hydrogen-bond donors (Lipinski definition) is 0. The predicted octanol–water partition coefficient (Wildman–Crippen LogP) is 9.03. The highest BCUT2D eigenvalue weighted by atomic mass is 16.8. The fraction of sp³-hybridized carbons (Fsp3) is 0.307. The second-order valence-corrected chi connectivity index (χ2v) is 22.7. The Morgan fingerprint density at radius 3 is 1.19 bits per heavy atom. The fourth-order valence-corrected chi connectivity index (χ4v) is 11.7. The summed E-state index contributed by atoms with van der Waals surface area (Å²) in [5.74, 6) is -7.50. The molecule has 0 N–H and O–H groups in total. The minimum atomic E-state index is -2.12. The van der Waals surface area contributed by atoms with E-state index in [0.29, 0.717) is 16.7 Å². The maximum absolute atomic E-state index is 14.9. The molecule has 0 radical (unpaired) electrons. The van der Waals surface area contributed by atoms with Crippen molar-refractivity contribution in [1.29, 1.82) is 0 Å². The average Bonchev–Trinajstić information content (AvgIpc) is 0.759. The summed E-state index contributed by atoms with van der Waals surface area (Å²) in [7, 11) is 0. The van der Waals surface area contributed by atoms with Gasteiger partial charge in [0.25, 0.3) is 0 Å². The van der Waals surface area contributed by atoms with Gasteiger partial charge in [-0.2, -0.15) is 0 Å². The standard InChI is InChI=1S/C75H72O23/c1-6-42-84-72-66(98-74-67(96-71(83)53-34-20-10-21-35-53)63(95-70(82)52-32-18-9-19-33-52)61(94-69(81)51-30-16-8-17-31-51)58(93-74)43-85-68(80)50-28-14-7-15-29-50)64(97-73-65(91-49(5)79)62(90-48(4)78)57(44-86-73)88-46(2)76)60(89-47(3)77)59(92-72)45-87-75(54-36-22-11-23-37-54,55-38-24-12-25-39-55)56-40-26-13-27-41-56/h6-41,57-67,72-74H,1,42-45H2,2-5H3/t57-,58-,59-,60-,61+,62+,63+,64+,65-,66-,67-,72+,73+,74+/m1/s1. The Balaban J connectivity index is 1.16. The number of hydrogen-bond acceptors (Lipinski definition) is 23. The smallest absolute Gasteiger partial charge is 0.338 e. The van der Waals surface area contributed by atoms with Gasteiger partial charge in [0.1, 0.15) is 36.6 Å². The van der Waals surface area contributed by atoms with Crippen LogP contribution in [0.2, 0.25) is 0 Å². The Morgan fingerprint density at radius 1 is 0.388 bits per heavy atom. The van der Waals surface area contributed by atoms with E-state index in [1.165, 1.54) is 54.6 Å². The third kappa shape index (κ3) is 17.5. The summed E-state index contributed by atoms with van der Waals surface area (Å²) in [4.78, 5) is 111. The average molecular weight is 1340 g/mol. The molecular formula is C75H72O23. The largest absolute Gasteiger partial charge is 0.459 e. The van der Waals surface area contributed by atoms with Gasteiger partial charge in [0.05, 0.1) is 42.1 Å². The second kappa shape index (κ2) is 33.6. The van der Waals surface area contributed by atoms with Gasteiger partial charge in [0.2, 0.25) is 0 Å². The van der Waals surface area contributed by atoms with Gasteiger partial charge in [0.15, 0.2) is 61.6 Å². The summed E-state index contributed by atoms with van der Waals surface area (Å²) in [6.07, 6.45) is -23.8. The first-order valence-electron chi connectivity index (χ1n) is 31.5. The highest BCUT2D eigenvalue weighted by molar-refractivity contribution is 5.92. The number of rotatable bonds is 26. The monoisotopic (exact) mass is 1340 g/mol. The van der Waals surface area contributed by atoms with Crippen LogP contribution >= 0.6 is 0 Å². The van der Waals surface area contributed by atoms with E-state index in [1.54, 1.807) is 72.8 Å². The molecule has 10 rings (SSSR count). The lowest BCUT2D eigenvalue weighted by atomic mass is 9.80. The summed E-state index contributed by atoms with van der Waals surface area (Å²) >= 11 is 0. The maximum Gasteiger partial charge on any atom is 0.338 e. The van der Waals surface area contributed by atoms with Gasteiger partial charge in [-0.15, -0.1) is 6.58 Å². The van der Waals surface area contributed by atoms with E-state index >= 15 is 0 Å². The summed E-state index contributed by atoms with van der Waals surface area (Å²) in [6, 6.07) is 58.9. The molecule has 0 aliphatic carbocycles. The second-order valence-electron chi connectivity index (χ2n) is 22.7. The molecule has 3 saturated heterocycles. The van der Waals surface area contributed by atoms with Crippen molar-refractivity contribution in [2.45, 2.75) is 119 Å². The van der Waals surface area contributed by atoms with Crippen molar-refractivity contribution < 1.29 is 109 Å². The van der Waals surface area contributed by atoms with Crippen LogP contribution in [0.5, 0.6) is 0 Å². The lowest BCUT2D eigenvalue weighted by Crippen LogP contribution is -2.68. The minimum Gasteiger partial charge on any atom is -0.459 e. The van der Waals surface area contributed by atoms with Gasteiger partial charge >= 0.3 is 47.8 Å². The van der Waals surface area contributed by atoms with E-state index in [4.69, 9.17) is 71.1 Å². The molecular weight excluding hydrogens is 1270 g/mol. The molecule has 3 aliphatic heterocycles. The van der Waals surface area contributed by atoms with Gasteiger partial charge in [0, 0.05) is 27.7 Å². The van der Waals surface area contributed by atoms with Gasteiger partial charge in [-0.1, -0.05) is 170 Å². The number of esters is 8. The highest BCUT2D eigenvalue weighted by Crippen LogP contribution is 2.43. The summed E-state index contributed by atoms with van der Waals surface area (Å²) in [5, 5.41) is 0. The number of benzene rings is 7. The molecule has 7 aromatic carbocycles. The lowest BCUT2D eigenvalue weighted by molar-refractivity contribution is -0.387.